The van der Waals surface area contributed by atoms with Crippen LogP contribution in [0.25, 0.3) is 0 Å². The third-order valence-electron chi connectivity index (χ3n) is 2.85. The number of H-pyrrole nitrogens is 1. The van der Waals surface area contributed by atoms with Gasteiger partial charge in [-0.3, -0.25) is 9.36 Å². The highest BCUT2D eigenvalue weighted by atomic mass is 32.2. The van der Waals surface area contributed by atoms with Gasteiger partial charge >= 0.3 is 5.69 Å². The maximum atomic E-state index is 11.9. The Kier molecular flexibility index (Phi) is 5.63. The van der Waals surface area contributed by atoms with E-state index in [1.807, 2.05) is 31.4 Å². The first-order valence-electron chi connectivity index (χ1n) is 6.72. The fourth-order valence-corrected chi connectivity index (χ4v) is 3.37. The fourth-order valence-electron chi connectivity index (χ4n) is 1.86. The van der Waals surface area contributed by atoms with E-state index in [-0.39, 0.29) is 23.4 Å². The number of thioether (sulfide) groups is 1. The van der Waals surface area contributed by atoms with Crippen LogP contribution in [0.4, 0.5) is 0 Å². The van der Waals surface area contributed by atoms with Crippen LogP contribution in [0.15, 0.2) is 27.5 Å². The molecule has 2 rings (SSSR count). The highest BCUT2D eigenvalue weighted by Crippen LogP contribution is 2.19. The molecule has 0 saturated heterocycles. The molecule has 0 bridgehead atoms. The van der Waals surface area contributed by atoms with Gasteiger partial charge in [-0.1, -0.05) is 24.8 Å². The second-order valence-electron chi connectivity index (χ2n) is 4.56. The average Bonchev–Trinajstić information content (AvgIpc) is 3.09. The molecule has 8 heteroatoms. The quantitative estimate of drug-likeness (QED) is 0.763. The summed E-state index contributed by atoms with van der Waals surface area (Å²) in [5.41, 5.74) is -0.230. The van der Waals surface area contributed by atoms with Crippen molar-refractivity contribution in [3.8, 4) is 0 Å². The first kappa shape index (κ1) is 15.8. The number of rotatable bonds is 7. The highest BCUT2D eigenvalue weighted by molar-refractivity contribution is 7.99. The first-order chi connectivity index (χ1) is 10.1. The average molecular weight is 326 g/mol. The highest BCUT2D eigenvalue weighted by Gasteiger charge is 2.13. The lowest BCUT2D eigenvalue weighted by Gasteiger charge is -2.11. The Balaban J connectivity index is 1.88. The van der Waals surface area contributed by atoms with Crippen molar-refractivity contribution in [2.75, 3.05) is 5.75 Å². The molecule has 0 spiro atoms. The van der Waals surface area contributed by atoms with Crippen molar-refractivity contribution in [3.63, 3.8) is 0 Å². The zero-order chi connectivity index (χ0) is 15.2. The largest absolute Gasteiger partial charge is 0.348 e. The normalized spacial score (nSPS) is 12.3. The van der Waals surface area contributed by atoms with Gasteiger partial charge in [0.15, 0.2) is 5.16 Å². The predicted molar refractivity (Wildman–Crippen MR) is 84.7 cm³/mol. The van der Waals surface area contributed by atoms with E-state index in [1.54, 1.807) is 15.9 Å². The summed E-state index contributed by atoms with van der Waals surface area (Å²) >= 11 is 2.88. The minimum Gasteiger partial charge on any atom is -0.348 e. The molecule has 1 atom stereocenters. The molecule has 1 amide bonds. The molecule has 0 aliphatic heterocycles. The van der Waals surface area contributed by atoms with Crippen molar-refractivity contribution in [1.29, 1.82) is 0 Å². The van der Waals surface area contributed by atoms with Crippen molar-refractivity contribution in [3.05, 3.63) is 32.9 Å². The summed E-state index contributed by atoms with van der Waals surface area (Å²) in [7, 11) is 0. The van der Waals surface area contributed by atoms with Gasteiger partial charge < -0.3 is 5.32 Å². The zero-order valence-electron chi connectivity index (χ0n) is 12.0. The monoisotopic (exact) mass is 326 g/mol. The molecule has 2 N–H and O–H groups in total. The molecular weight excluding hydrogens is 308 g/mol. The second kappa shape index (κ2) is 7.46. The van der Waals surface area contributed by atoms with Crippen LogP contribution in [0.2, 0.25) is 0 Å². The Bertz CT molecular complexity index is 633. The number of carbonyl (C=O) groups is 1. The van der Waals surface area contributed by atoms with Crippen LogP contribution in [0.3, 0.4) is 0 Å². The molecule has 114 valence electrons. The fraction of sp³-hybridized carbons (Fsp3) is 0.462. The number of hydrogen-bond acceptors (Lipinski definition) is 5. The number of aromatic amines is 1. The van der Waals surface area contributed by atoms with Crippen LogP contribution in [0, 0.1) is 0 Å². The Morgan fingerprint density at radius 3 is 3.10 bits per heavy atom. The molecule has 0 aliphatic carbocycles. The van der Waals surface area contributed by atoms with Crippen LogP contribution in [-0.4, -0.2) is 26.4 Å². The van der Waals surface area contributed by atoms with Gasteiger partial charge in [0.2, 0.25) is 5.91 Å². The molecule has 2 aromatic rings. The lowest BCUT2D eigenvalue weighted by atomic mass is 10.3. The summed E-state index contributed by atoms with van der Waals surface area (Å²) in [5, 5.41) is 11.8. The third-order valence-corrected chi connectivity index (χ3v) is 4.88. The summed E-state index contributed by atoms with van der Waals surface area (Å²) in [5.74, 6) is 0.170. The smallest absolute Gasteiger partial charge is 0.343 e. The molecular formula is C13H18N4O2S2. The van der Waals surface area contributed by atoms with Gasteiger partial charge in [0, 0.05) is 11.4 Å². The van der Waals surface area contributed by atoms with Gasteiger partial charge in [-0.05, 0) is 24.8 Å². The Hall–Kier alpha value is -1.54. The third kappa shape index (κ3) is 4.21. The van der Waals surface area contributed by atoms with Crippen molar-refractivity contribution < 1.29 is 4.79 Å². The topological polar surface area (TPSA) is 79.8 Å². The minimum absolute atomic E-state index is 0.00452. The van der Waals surface area contributed by atoms with E-state index in [4.69, 9.17) is 0 Å². The van der Waals surface area contributed by atoms with Gasteiger partial charge in [0.25, 0.3) is 0 Å². The summed E-state index contributed by atoms with van der Waals surface area (Å²) in [6, 6.07) is 3.95. The van der Waals surface area contributed by atoms with E-state index in [0.717, 1.165) is 11.3 Å². The SMILES string of the molecule is CCCn1c(SCC(=O)N[C@@H](C)c2cccs2)n[nH]c1=O. The van der Waals surface area contributed by atoms with Crippen molar-refractivity contribution in [2.45, 2.75) is 38.0 Å². The van der Waals surface area contributed by atoms with Gasteiger partial charge in [-0.25, -0.2) is 9.89 Å². The summed E-state index contributed by atoms with van der Waals surface area (Å²) in [6.07, 6.45) is 0.842. The zero-order valence-corrected chi connectivity index (χ0v) is 13.6. The molecule has 0 unspecified atom stereocenters. The number of nitrogens with zero attached hydrogens (tertiary/aromatic N) is 2. The summed E-state index contributed by atoms with van der Waals surface area (Å²) in [4.78, 5) is 24.6. The minimum atomic E-state index is -0.230. The van der Waals surface area contributed by atoms with E-state index in [1.165, 1.54) is 11.8 Å². The van der Waals surface area contributed by atoms with E-state index in [2.05, 4.69) is 15.5 Å². The molecule has 0 aromatic carbocycles. The van der Waals surface area contributed by atoms with Crippen molar-refractivity contribution in [2.24, 2.45) is 0 Å². The van der Waals surface area contributed by atoms with E-state index >= 15 is 0 Å². The maximum Gasteiger partial charge on any atom is 0.343 e. The van der Waals surface area contributed by atoms with Gasteiger partial charge in [0.1, 0.15) is 0 Å². The van der Waals surface area contributed by atoms with Crippen LogP contribution < -0.4 is 11.0 Å². The van der Waals surface area contributed by atoms with E-state index < -0.39 is 0 Å². The summed E-state index contributed by atoms with van der Waals surface area (Å²) in [6.45, 7) is 4.55. The second-order valence-corrected chi connectivity index (χ2v) is 6.48. The molecule has 0 aliphatic rings. The lowest BCUT2D eigenvalue weighted by Crippen LogP contribution is -2.28. The Morgan fingerprint density at radius 2 is 2.43 bits per heavy atom. The van der Waals surface area contributed by atoms with Gasteiger partial charge in [0.05, 0.1) is 11.8 Å². The summed E-state index contributed by atoms with van der Waals surface area (Å²) < 4.78 is 1.56. The van der Waals surface area contributed by atoms with Crippen LogP contribution in [0.5, 0.6) is 0 Å². The van der Waals surface area contributed by atoms with Crippen molar-refractivity contribution in [1.82, 2.24) is 20.1 Å². The number of amides is 1. The Labute approximate surface area is 131 Å². The molecule has 2 heterocycles. The van der Waals surface area contributed by atoms with E-state index in [0.29, 0.717) is 11.7 Å². The van der Waals surface area contributed by atoms with Crippen LogP contribution in [0.1, 0.15) is 31.2 Å². The van der Waals surface area contributed by atoms with Crippen molar-refractivity contribution >= 4 is 29.0 Å². The molecule has 21 heavy (non-hydrogen) atoms. The molecule has 0 fully saturated rings. The predicted octanol–water partition coefficient (Wildman–Crippen LogP) is 2.01. The van der Waals surface area contributed by atoms with Crippen LogP contribution in [-0.2, 0) is 11.3 Å². The van der Waals surface area contributed by atoms with Gasteiger partial charge in [-0.2, -0.15) is 0 Å². The number of hydrogen-bond donors (Lipinski definition) is 2. The number of nitrogens with one attached hydrogen (secondary N) is 2. The van der Waals surface area contributed by atoms with E-state index in [9.17, 15) is 9.59 Å². The van der Waals surface area contributed by atoms with Gasteiger partial charge in [-0.15, -0.1) is 16.4 Å². The molecule has 2 aromatic heterocycles. The van der Waals surface area contributed by atoms with Crippen LogP contribution >= 0.6 is 23.1 Å². The Morgan fingerprint density at radius 1 is 1.62 bits per heavy atom. The maximum absolute atomic E-state index is 11.9. The number of thiophene rings is 1. The molecule has 0 radical (unpaired) electrons. The number of aromatic nitrogens is 3. The number of carbonyl (C=O) groups excluding carboxylic acids is 1. The lowest BCUT2D eigenvalue weighted by molar-refractivity contribution is -0.119. The standard InChI is InChI=1S/C13H18N4O2S2/c1-3-6-17-12(19)15-16-13(17)21-8-11(18)14-9(2)10-5-4-7-20-10/h4-5,7,9H,3,6,8H2,1-2H3,(H,14,18)(H,15,19)/t9-/m0/s1. The molecule has 0 saturated carbocycles. The molecule has 6 nitrogen and oxygen atoms in total. The first-order valence-corrected chi connectivity index (χ1v) is 8.59.